The minimum absolute atomic E-state index is 0.0863. The molecule has 0 spiro atoms. The van der Waals surface area contributed by atoms with Crippen LogP contribution in [-0.4, -0.2) is 63.1 Å². The maximum atomic E-state index is 13.6. The van der Waals surface area contributed by atoms with Crippen molar-refractivity contribution < 1.29 is 14.3 Å². The second kappa shape index (κ2) is 15.2. The fourth-order valence-corrected chi connectivity index (χ4v) is 7.46. The van der Waals surface area contributed by atoms with Gasteiger partial charge in [0.25, 0.3) is 0 Å². The third-order valence-corrected chi connectivity index (χ3v) is 10.2. The normalized spacial score (nSPS) is 21.3. The van der Waals surface area contributed by atoms with Crippen molar-refractivity contribution in [1.29, 1.82) is 0 Å². The van der Waals surface area contributed by atoms with Crippen molar-refractivity contribution >= 4 is 23.6 Å². The molecule has 3 aliphatic carbocycles. The Bertz CT molecular complexity index is 1700. The highest BCUT2D eigenvalue weighted by molar-refractivity contribution is 5.86. The molecule has 3 atom stereocenters. The molecule has 1 aliphatic heterocycles. The Morgan fingerprint density at radius 2 is 1.59 bits per heavy atom. The fraction of sp³-hybridized carbons (Fsp3) is 0.538. The number of aryl methyl sites for hydroxylation is 1. The lowest BCUT2D eigenvalue weighted by Gasteiger charge is -2.30. The summed E-state index contributed by atoms with van der Waals surface area (Å²) in [7, 11) is 1.31. The number of fused-ring (bicyclic) bond motifs is 1. The number of carbonyl (C=O) groups excluding carboxylic acids is 2. The molecular formula is C39H53N7O3. The lowest BCUT2D eigenvalue weighted by molar-refractivity contribution is -0.135. The molecule has 0 bridgehead atoms. The Labute approximate surface area is 290 Å². The van der Waals surface area contributed by atoms with E-state index in [0.717, 1.165) is 80.2 Å². The van der Waals surface area contributed by atoms with Gasteiger partial charge in [0.2, 0.25) is 5.91 Å². The van der Waals surface area contributed by atoms with Crippen LogP contribution < -0.4 is 10.6 Å². The first kappa shape index (κ1) is 34.7. The van der Waals surface area contributed by atoms with Gasteiger partial charge in [0.05, 0.1) is 37.3 Å². The molecule has 0 radical (unpaired) electrons. The van der Waals surface area contributed by atoms with Crippen LogP contribution in [0.2, 0.25) is 0 Å². The molecule has 0 saturated carbocycles. The van der Waals surface area contributed by atoms with Crippen LogP contribution in [0.1, 0.15) is 108 Å². The molecule has 3 unspecified atom stereocenters. The number of rotatable bonds is 11. The van der Waals surface area contributed by atoms with Gasteiger partial charge in [-0.15, -0.1) is 0 Å². The number of nitrogens with one attached hydrogen (secondary N) is 4. The summed E-state index contributed by atoms with van der Waals surface area (Å²) in [4.78, 5) is 44.1. The van der Waals surface area contributed by atoms with Crippen molar-refractivity contribution in [2.24, 2.45) is 17.8 Å². The Balaban J connectivity index is 1.11. The number of amides is 2. The second-order valence-electron chi connectivity index (χ2n) is 14.9. The zero-order valence-corrected chi connectivity index (χ0v) is 30.0. The lowest BCUT2D eigenvalue weighted by atomic mass is 9.83. The maximum absolute atomic E-state index is 13.6. The van der Waals surface area contributed by atoms with Gasteiger partial charge in [0.15, 0.2) is 0 Å². The molecule has 10 nitrogen and oxygen atoms in total. The van der Waals surface area contributed by atoms with Crippen LogP contribution in [0.3, 0.4) is 0 Å². The summed E-state index contributed by atoms with van der Waals surface area (Å²) in [6, 6.07) is -0.335. The summed E-state index contributed by atoms with van der Waals surface area (Å²) in [6.07, 6.45) is 20.0. The monoisotopic (exact) mass is 667 g/mol. The zero-order chi connectivity index (χ0) is 34.7. The van der Waals surface area contributed by atoms with E-state index in [2.05, 4.69) is 71.8 Å². The van der Waals surface area contributed by atoms with Gasteiger partial charge >= 0.3 is 6.09 Å². The van der Waals surface area contributed by atoms with Crippen LogP contribution in [0.25, 0.3) is 11.6 Å². The number of nitrogens with zero attached hydrogens (tertiary/aromatic N) is 3. The van der Waals surface area contributed by atoms with Crippen LogP contribution >= 0.6 is 0 Å². The van der Waals surface area contributed by atoms with Gasteiger partial charge in [-0.2, -0.15) is 0 Å². The zero-order valence-electron chi connectivity index (χ0n) is 30.0. The van der Waals surface area contributed by atoms with E-state index in [4.69, 9.17) is 14.7 Å². The molecule has 6 rings (SSSR count). The minimum atomic E-state index is -0.673. The molecule has 10 heteroatoms. The SMILES string of the molecule is COC(=O)NC(C(=O)N(Cc1nc2c([nH]1)CCC(C1=CC=C(C3=CC=C(c4cnc(C5CC(C)CN5)[nH]4)CC3)CC1)=C2)CC(C)C)C(C)C. The van der Waals surface area contributed by atoms with Crippen molar-refractivity contribution in [3.05, 3.63) is 81.5 Å². The predicted molar refractivity (Wildman–Crippen MR) is 193 cm³/mol. The van der Waals surface area contributed by atoms with E-state index in [1.807, 2.05) is 20.0 Å². The van der Waals surface area contributed by atoms with Crippen LogP contribution in [0.5, 0.6) is 0 Å². The molecule has 1 saturated heterocycles. The number of imidazole rings is 2. The largest absolute Gasteiger partial charge is 0.453 e. The first-order chi connectivity index (χ1) is 23.6. The highest BCUT2D eigenvalue weighted by Crippen LogP contribution is 2.37. The van der Waals surface area contributed by atoms with E-state index in [1.54, 1.807) is 4.90 Å². The molecule has 4 N–H and O–H groups in total. The summed E-state index contributed by atoms with van der Waals surface area (Å²) in [5.74, 6) is 2.57. The van der Waals surface area contributed by atoms with Gasteiger partial charge in [0, 0.05) is 12.2 Å². The maximum Gasteiger partial charge on any atom is 0.407 e. The number of methoxy groups -OCH3 is 1. The van der Waals surface area contributed by atoms with Crippen LogP contribution in [0, 0.1) is 17.8 Å². The Morgan fingerprint density at radius 1 is 0.939 bits per heavy atom. The van der Waals surface area contributed by atoms with Crippen molar-refractivity contribution in [3.63, 3.8) is 0 Å². The molecule has 262 valence electrons. The second-order valence-corrected chi connectivity index (χ2v) is 14.9. The van der Waals surface area contributed by atoms with Gasteiger partial charge in [-0.05, 0) is 103 Å². The molecule has 1 fully saturated rings. The molecule has 3 heterocycles. The summed E-state index contributed by atoms with van der Waals surface area (Å²) in [5.41, 5.74) is 10.2. The number of hydrogen-bond acceptors (Lipinski definition) is 6. The Kier molecular flexibility index (Phi) is 10.7. The van der Waals surface area contributed by atoms with Crippen LogP contribution in [0.15, 0.2) is 52.8 Å². The molecule has 2 aromatic rings. The first-order valence-electron chi connectivity index (χ1n) is 18.1. The quantitative estimate of drug-likeness (QED) is 0.205. The molecule has 0 aromatic carbocycles. The fourth-order valence-electron chi connectivity index (χ4n) is 7.46. The number of allylic oxidation sites excluding steroid dienone is 9. The van der Waals surface area contributed by atoms with E-state index >= 15 is 0 Å². The molecular weight excluding hydrogens is 614 g/mol. The van der Waals surface area contributed by atoms with E-state index < -0.39 is 12.1 Å². The molecule has 2 amide bonds. The van der Waals surface area contributed by atoms with Crippen molar-refractivity contribution in [3.8, 4) is 0 Å². The Hall–Kier alpha value is -4.18. The van der Waals surface area contributed by atoms with Crippen molar-refractivity contribution in [2.75, 3.05) is 20.2 Å². The highest BCUT2D eigenvalue weighted by atomic mass is 16.5. The van der Waals surface area contributed by atoms with Gasteiger partial charge in [0.1, 0.15) is 17.7 Å². The van der Waals surface area contributed by atoms with Gasteiger partial charge in [-0.25, -0.2) is 14.8 Å². The predicted octanol–water partition coefficient (Wildman–Crippen LogP) is 6.95. The molecule has 49 heavy (non-hydrogen) atoms. The molecule has 2 aromatic heterocycles. The van der Waals surface area contributed by atoms with Gasteiger partial charge in [-0.3, -0.25) is 4.79 Å². The van der Waals surface area contributed by atoms with Crippen molar-refractivity contribution in [1.82, 2.24) is 35.5 Å². The average Bonchev–Trinajstić information content (AvgIpc) is 3.86. The standard InChI is InChI=1S/C39H53N7O3/c1-23(2)21-46(38(47)36(24(3)4)45-39(48)49-6)22-35-42-31-16-15-30(18-32(31)43-35)28-9-7-26(8-10-28)27-11-13-29(14-12-27)34-20-41-37(44-34)33-17-25(5)19-40-33/h7,9,11,13,18,20,23-25,33,36,40H,8,10,12,14-17,19,21-22H2,1-6H3,(H,41,44)(H,42,43)(H,45,48). The smallest absolute Gasteiger partial charge is 0.407 e. The summed E-state index contributed by atoms with van der Waals surface area (Å²) in [6.45, 7) is 12.3. The number of aromatic nitrogens is 4. The van der Waals surface area contributed by atoms with Crippen molar-refractivity contribution in [2.45, 2.75) is 98.2 Å². The molecule has 4 aliphatic rings. The van der Waals surface area contributed by atoms with Gasteiger partial charge < -0.3 is 30.2 Å². The number of H-pyrrole nitrogens is 2. The average molecular weight is 668 g/mol. The van der Waals surface area contributed by atoms with Gasteiger partial charge in [-0.1, -0.05) is 58.9 Å². The van der Waals surface area contributed by atoms with E-state index in [9.17, 15) is 9.59 Å². The summed E-state index contributed by atoms with van der Waals surface area (Å²) >= 11 is 0. The van der Waals surface area contributed by atoms with E-state index in [0.29, 0.717) is 25.0 Å². The number of alkyl carbamates (subject to hydrolysis) is 1. The summed E-state index contributed by atoms with van der Waals surface area (Å²) < 4.78 is 4.78. The lowest BCUT2D eigenvalue weighted by Crippen LogP contribution is -2.51. The van der Waals surface area contributed by atoms with Crippen LogP contribution in [-0.2, 0) is 22.5 Å². The van der Waals surface area contributed by atoms with E-state index in [1.165, 1.54) is 35.0 Å². The number of hydrogen-bond donors (Lipinski definition) is 4. The Morgan fingerprint density at radius 3 is 2.18 bits per heavy atom. The number of aromatic amines is 2. The van der Waals surface area contributed by atoms with Crippen LogP contribution in [0.4, 0.5) is 4.79 Å². The first-order valence-corrected chi connectivity index (χ1v) is 18.1. The third-order valence-electron chi connectivity index (χ3n) is 10.2. The number of carbonyl (C=O) groups is 2. The van der Waals surface area contributed by atoms with E-state index in [-0.39, 0.29) is 17.7 Å². The third kappa shape index (κ3) is 8.18. The topological polar surface area (TPSA) is 128 Å². The minimum Gasteiger partial charge on any atom is -0.453 e. The number of ether oxygens (including phenoxy) is 1. The highest BCUT2D eigenvalue weighted by Gasteiger charge is 2.31. The summed E-state index contributed by atoms with van der Waals surface area (Å²) in [5, 5.41) is 6.30.